The summed E-state index contributed by atoms with van der Waals surface area (Å²) in [5.41, 5.74) is 4.38. The van der Waals surface area contributed by atoms with Gasteiger partial charge in [-0.3, -0.25) is 9.59 Å². The highest BCUT2D eigenvalue weighted by Crippen LogP contribution is 2.24. The number of rotatable bonds is 4. The quantitative estimate of drug-likeness (QED) is 0.641. The molecule has 2 rings (SSSR count). The smallest absolute Gasteiger partial charge is 0.289 e. The first-order valence-electron chi connectivity index (χ1n) is 5.96. The summed E-state index contributed by atoms with van der Waals surface area (Å²) < 4.78 is 38.1. The maximum Gasteiger partial charge on any atom is 0.289 e. The van der Waals surface area contributed by atoms with E-state index in [-0.39, 0.29) is 10.8 Å². The summed E-state index contributed by atoms with van der Waals surface area (Å²) in [5.74, 6) is -2.39. The number of alkyl halides is 3. The molecular weight excluding hydrogens is 303 g/mol. The molecule has 1 unspecified atom stereocenters. The van der Waals surface area contributed by atoms with Gasteiger partial charge in [-0.05, 0) is 23.8 Å². The number of hydrogen-bond acceptors (Lipinski definition) is 4. The Kier molecular flexibility index (Phi) is 4.15. The number of nitrogens with zero attached hydrogens (tertiary/aromatic N) is 2. The van der Waals surface area contributed by atoms with Gasteiger partial charge in [0.05, 0.1) is 5.57 Å². The third kappa shape index (κ3) is 2.92. The maximum absolute atomic E-state index is 13.3. The zero-order valence-corrected chi connectivity index (χ0v) is 10.9. The topological polar surface area (TPSA) is 96.0 Å². The number of carbonyl (C=O) groups excluding carboxylic acids is 2. The largest absolute Gasteiger partial charge is 0.508 e. The minimum atomic E-state index is -3.48. The van der Waals surface area contributed by atoms with Gasteiger partial charge >= 0.3 is 0 Å². The lowest BCUT2D eigenvalue weighted by Gasteiger charge is -2.15. The molecule has 0 bridgehead atoms. The number of phenolic OH excluding ortho intramolecular Hbond substituents is 1. The third-order valence-corrected chi connectivity index (χ3v) is 2.78. The van der Waals surface area contributed by atoms with Crippen LogP contribution in [0.4, 0.5) is 13.2 Å². The lowest BCUT2D eigenvalue weighted by atomic mass is 10.1. The highest BCUT2D eigenvalue weighted by molar-refractivity contribution is 6.53. The molecule has 3 N–H and O–H groups in total. The van der Waals surface area contributed by atoms with Crippen LogP contribution in [0.5, 0.6) is 5.75 Å². The molecule has 1 aliphatic heterocycles. The zero-order valence-electron chi connectivity index (χ0n) is 10.9. The summed E-state index contributed by atoms with van der Waals surface area (Å²) >= 11 is 0. The molecule has 1 atom stereocenters. The van der Waals surface area contributed by atoms with Crippen LogP contribution in [0.2, 0.25) is 0 Å². The monoisotopic (exact) mass is 313 g/mol. The van der Waals surface area contributed by atoms with Crippen LogP contribution in [0, 0.1) is 0 Å². The van der Waals surface area contributed by atoms with Crippen molar-refractivity contribution in [2.75, 3.05) is 0 Å². The first-order chi connectivity index (χ1) is 10.3. The van der Waals surface area contributed by atoms with Crippen molar-refractivity contribution in [1.29, 1.82) is 0 Å². The zero-order chi connectivity index (χ0) is 16.4. The number of halogens is 3. The van der Waals surface area contributed by atoms with Gasteiger partial charge in [0, 0.05) is 0 Å². The van der Waals surface area contributed by atoms with Gasteiger partial charge in [0.25, 0.3) is 24.5 Å². The van der Waals surface area contributed by atoms with Gasteiger partial charge in [-0.2, -0.15) is 10.1 Å². The normalized spacial score (nSPS) is 18.0. The second-order valence-electron chi connectivity index (χ2n) is 4.32. The number of aromatic hydroxyl groups is 1. The minimum absolute atomic E-state index is 0.0353. The van der Waals surface area contributed by atoms with E-state index in [0.717, 1.165) is 6.08 Å². The van der Waals surface area contributed by atoms with Gasteiger partial charge in [-0.15, -0.1) is 0 Å². The van der Waals surface area contributed by atoms with Crippen LogP contribution in [0.1, 0.15) is 5.56 Å². The Morgan fingerprint density at radius 3 is 2.36 bits per heavy atom. The number of benzene rings is 1. The molecule has 9 heteroatoms. The van der Waals surface area contributed by atoms with Crippen molar-refractivity contribution < 1.29 is 27.9 Å². The fourth-order valence-corrected chi connectivity index (χ4v) is 1.75. The van der Waals surface area contributed by atoms with E-state index in [1.165, 1.54) is 24.3 Å². The SMILES string of the molecule is NC(=O)C1=NN(C(F)C(F)F)C(=O)C1=Cc1ccc(O)cc1. The standard InChI is InChI=1S/C13H10F3N3O3/c14-10(15)11(16)19-13(22)8(9(18-19)12(17)21)5-6-1-3-7(20)4-2-6/h1-5,10-11,20H,(H2,17,21). The summed E-state index contributed by atoms with van der Waals surface area (Å²) in [6, 6.07) is 5.41. The van der Waals surface area contributed by atoms with Crippen LogP contribution in [0.15, 0.2) is 34.9 Å². The van der Waals surface area contributed by atoms with Crippen LogP contribution in [-0.4, -0.2) is 40.4 Å². The lowest BCUT2D eigenvalue weighted by molar-refractivity contribution is -0.138. The van der Waals surface area contributed by atoms with Gasteiger partial charge in [-0.25, -0.2) is 13.2 Å². The Hall–Kier alpha value is -2.84. The van der Waals surface area contributed by atoms with Gasteiger partial charge < -0.3 is 10.8 Å². The van der Waals surface area contributed by atoms with Gasteiger partial charge in [0.2, 0.25) is 0 Å². The summed E-state index contributed by atoms with van der Waals surface area (Å²) in [6.07, 6.45) is -5.31. The van der Waals surface area contributed by atoms with Crippen LogP contribution >= 0.6 is 0 Å². The number of carbonyl (C=O) groups is 2. The molecule has 0 aliphatic carbocycles. The summed E-state index contributed by atoms with van der Waals surface area (Å²) in [4.78, 5) is 23.2. The maximum atomic E-state index is 13.3. The predicted octanol–water partition coefficient (Wildman–Crippen LogP) is 1.02. The number of nitrogens with two attached hydrogens (primary N) is 1. The van der Waals surface area contributed by atoms with E-state index in [9.17, 15) is 22.8 Å². The van der Waals surface area contributed by atoms with E-state index in [4.69, 9.17) is 10.8 Å². The van der Waals surface area contributed by atoms with E-state index in [0.29, 0.717) is 5.56 Å². The average Bonchev–Trinajstić information content (AvgIpc) is 2.78. The number of hydrogen-bond donors (Lipinski definition) is 2. The fraction of sp³-hybridized carbons (Fsp3) is 0.154. The molecule has 0 saturated heterocycles. The molecule has 1 aromatic carbocycles. The molecule has 1 heterocycles. The van der Waals surface area contributed by atoms with Crippen molar-refractivity contribution in [1.82, 2.24) is 5.01 Å². The molecule has 116 valence electrons. The fourth-order valence-electron chi connectivity index (χ4n) is 1.75. The molecule has 1 aliphatic rings. The molecule has 22 heavy (non-hydrogen) atoms. The number of phenols is 1. The Bertz CT molecular complexity index is 671. The molecule has 0 spiro atoms. The molecule has 1 aromatic rings. The molecule has 0 saturated carbocycles. The molecule has 0 radical (unpaired) electrons. The van der Waals surface area contributed by atoms with E-state index < -0.39 is 35.8 Å². The second-order valence-corrected chi connectivity index (χ2v) is 4.32. The van der Waals surface area contributed by atoms with Crippen molar-refractivity contribution in [3.05, 3.63) is 35.4 Å². The van der Waals surface area contributed by atoms with Crippen LogP contribution in [-0.2, 0) is 9.59 Å². The third-order valence-electron chi connectivity index (χ3n) is 2.78. The highest BCUT2D eigenvalue weighted by atomic mass is 19.3. The van der Waals surface area contributed by atoms with Crippen molar-refractivity contribution in [3.8, 4) is 5.75 Å². The number of hydrazone groups is 1. The predicted molar refractivity (Wildman–Crippen MR) is 70.5 cm³/mol. The van der Waals surface area contributed by atoms with Gasteiger partial charge in [0.15, 0.2) is 5.71 Å². The number of primary amides is 1. The van der Waals surface area contributed by atoms with Gasteiger partial charge in [-0.1, -0.05) is 12.1 Å². The van der Waals surface area contributed by atoms with Crippen LogP contribution in [0.25, 0.3) is 6.08 Å². The first kappa shape index (κ1) is 15.5. The Morgan fingerprint density at radius 2 is 1.86 bits per heavy atom. The van der Waals surface area contributed by atoms with E-state index >= 15 is 0 Å². The van der Waals surface area contributed by atoms with Crippen molar-refractivity contribution in [2.45, 2.75) is 12.7 Å². The van der Waals surface area contributed by atoms with Crippen LogP contribution < -0.4 is 5.73 Å². The second kappa shape index (κ2) is 5.88. The van der Waals surface area contributed by atoms with Crippen molar-refractivity contribution >= 4 is 23.6 Å². The molecule has 0 aromatic heterocycles. The number of amides is 2. The van der Waals surface area contributed by atoms with Crippen molar-refractivity contribution in [3.63, 3.8) is 0 Å². The van der Waals surface area contributed by atoms with Gasteiger partial charge in [0.1, 0.15) is 5.75 Å². The molecule has 0 fully saturated rings. The Labute approximate surface area is 122 Å². The van der Waals surface area contributed by atoms with Crippen LogP contribution in [0.3, 0.4) is 0 Å². The van der Waals surface area contributed by atoms with Crippen molar-refractivity contribution in [2.24, 2.45) is 10.8 Å². The molecular formula is C13H10F3N3O3. The van der Waals surface area contributed by atoms with E-state index in [1.807, 2.05) is 0 Å². The summed E-state index contributed by atoms with van der Waals surface area (Å²) in [6.45, 7) is 0. The Morgan fingerprint density at radius 1 is 1.27 bits per heavy atom. The average molecular weight is 313 g/mol. The molecule has 2 amide bonds. The molecule has 6 nitrogen and oxygen atoms in total. The summed E-state index contributed by atoms with van der Waals surface area (Å²) in [5, 5.41) is 12.3. The van der Waals surface area contributed by atoms with E-state index in [2.05, 4.69) is 5.10 Å². The highest BCUT2D eigenvalue weighted by Gasteiger charge is 2.40. The minimum Gasteiger partial charge on any atom is -0.508 e. The first-order valence-corrected chi connectivity index (χ1v) is 5.96. The lowest BCUT2D eigenvalue weighted by Crippen LogP contribution is -2.35. The summed E-state index contributed by atoms with van der Waals surface area (Å²) in [7, 11) is 0. The van der Waals surface area contributed by atoms with E-state index in [1.54, 1.807) is 0 Å². The Balaban J connectivity index is 2.42.